The lowest BCUT2D eigenvalue weighted by molar-refractivity contribution is -0.144. The molecule has 0 saturated heterocycles. The first-order valence-electron chi connectivity index (χ1n) is 7.25. The van der Waals surface area contributed by atoms with Gasteiger partial charge in [-0.3, -0.25) is 10.1 Å². The van der Waals surface area contributed by atoms with E-state index in [0.29, 0.717) is 12.5 Å². The van der Waals surface area contributed by atoms with Crippen LogP contribution in [-0.2, 0) is 4.79 Å². The minimum Gasteiger partial charge on any atom is -0.480 e. The summed E-state index contributed by atoms with van der Waals surface area (Å²) in [6.07, 6.45) is 5.17. The summed E-state index contributed by atoms with van der Waals surface area (Å²) in [6, 6.07) is 0.428. The van der Waals surface area contributed by atoms with Crippen LogP contribution in [0.1, 0.15) is 52.9 Å². The van der Waals surface area contributed by atoms with Gasteiger partial charge in [0.15, 0.2) is 0 Å². The predicted octanol–water partition coefficient (Wildman–Crippen LogP) is 2.09. The SMILES string of the molecule is CCCN(CCC)CCC(C)(NC1CC1)C(=O)O. The molecule has 0 spiro atoms. The Kier molecular flexibility index (Phi) is 6.09. The molecule has 0 radical (unpaired) electrons. The average Bonchev–Trinajstić information content (AvgIpc) is 3.10. The van der Waals surface area contributed by atoms with E-state index in [9.17, 15) is 9.90 Å². The molecular weight excluding hydrogens is 228 g/mol. The van der Waals surface area contributed by atoms with Crippen LogP contribution < -0.4 is 5.32 Å². The Morgan fingerprint density at radius 1 is 1.28 bits per heavy atom. The Balaban J connectivity index is 2.45. The first kappa shape index (κ1) is 15.4. The lowest BCUT2D eigenvalue weighted by Gasteiger charge is -2.30. The molecule has 0 aromatic rings. The average molecular weight is 256 g/mol. The zero-order chi connectivity index (χ0) is 13.6. The van der Waals surface area contributed by atoms with Gasteiger partial charge in [-0.1, -0.05) is 13.8 Å². The number of carbonyl (C=O) groups is 1. The molecule has 1 aliphatic carbocycles. The zero-order valence-electron chi connectivity index (χ0n) is 12.0. The second kappa shape index (κ2) is 7.10. The summed E-state index contributed by atoms with van der Waals surface area (Å²) in [5, 5.41) is 12.7. The molecule has 1 aliphatic rings. The molecule has 1 saturated carbocycles. The van der Waals surface area contributed by atoms with Gasteiger partial charge in [0.25, 0.3) is 0 Å². The second-order valence-electron chi connectivity index (χ2n) is 5.65. The Labute approximate surface area is 111 Å². The Hall–Kier alpha value is -0.610. The van der Waals surface area contributed by atoms with E-state index in [1.165, 1.54) is 0 Å². The molecular formula is C14H28N2O2. The molecule has 18 heavy (non-hydrogen) atoms. The molecule has 1 atom stereocenters. The van der Waals surface area contributed by atoms with Crippen LogP contribution in [-0.4, -0.2) is 47.2 Å². The van der Waals surface area contributed by atoms with Crippen molar-refractivity contribution in [3.63, 3.8) is 0 Å². The van der Waals surface area contributed by atoms with Crippen molar-refractivity contribution in [1.29, 1.82) is 0 Å². The number of carboxylic acids is 1. The number of nitrogens with one attached hydrogen (secondary N) is 1. The molecule has 0 aromatic heterocycles. The van der Waals surface area contributed by atoms with Crippen molar-refractivity contribution in [2.45, 2.75) is 64.5 Å². The zero-order valence-corrected chi connectivity index (χ0v) is 12.0. The summed E-state index contributed by atoms with van der Waals surface area (Å²) in [4.78, 5) is 13.8. The van der Waals surface area contributed by atoms with E-state index < -0.39 is 11.5 Å². The maximum atomic E-state index is 11.4. The van der Waals surface area contributed by atoms with Gasteiger partial charge in [0.2, 0.25) is 0 Å². The summed E-state index contributed by atoms with van der Waals surface area (Å²) in [5.74, 6) is -0.720. The van der Waals surface area contributed by atoms with E-state index in [1.807, 2.05) is 6.92 Å². The largest absolute Gasteiger partial charge is 0.480 e. The van der Waals surface area contributed by atoms with Gasteiger partial charge in [0, 0.05) is 12.6 Å². The summed E-state index contributed by atoms with van der Waals surface area (Å²) < 4.78 is 0. The molecule has 1 fully saturated rings. The molecule has 0 heterocycles. The standard InChI is InChI=1S/C14H28N2O2/c1-4-9-16(10-5-2)11-8-14(3,13(17)18)15-12-6-7-12/h12,15H,4-11H2,1-3H3,(H,17,18). The van der Waals surface area contributed by atoms with E-state index in [2.05, 4.69) is 24.1 Å². The highest BCUT2D eigenvalue weighted by molar-refractivity contribution is 5.78. The van der Waals surface area contributed by atoms with E-state index >= 15 is 0 Å². The molecule has 4 nitrogen and oxygen atoms in total. The van der Waals surface area contributed by atoms with Gasteiger partial charge < -0.3 is 10.0 Å². The second-order valence-corrected chi connectivity index (χ2v) is 5.65. The Bertz CT molecular complexity index is 261. The highest BCUT2D eigenvalue weighted by atomic mass is 16.4. The number of rotatable bonds is 10. The summed E-state index contributed by atoms with van der Waals surface area (Å²) >= 11 is 0. The van der Waals surface area contributed by atoms with Crippen LogP contribution in [0.2, 0.25) is 0 Å². The third kappa shape index (κ3) is 4.94. The third-order valence-electron chi connectivity index (χ3n) is 3.58. The van der Waals surface area contributed by atoms with Gasteiger partial charge in [0.1, 0.15) is 5.54 Å². The van der Waals surface area contributed by atoms with Crippen LogP contribution >= 0.6 is 0 Å². The van der Waals surface area contributed by atoms with Crippen LogP contribution in [0, 0.1) is 0 Å². The quantitative estimate of drug-likeness (QED) is 0.628. The minimum absolute atomic E-state index is 0.428. The maximum Gasteiger partial charge on any atom is 0.323 e. The summed E-state index contributed by atoms with van der Waals surface area (Å²) in [6.45, 7) is 9.15. The lowest BCUT2D eigenvalue weighted by atomic mass is 9.97. The Morgan fingerprint density at radius 2 is 1.83 bits per heavy atom. The number of nitrogens with zero attached hydrogens (tertiary/aromatic N) is 1. The van der Waals surface area contributed by atoms with Crippen LogP contribution in [0.15, 0.2) is 0 Å². The molecule has 106 valence electrons. The van der Waals surface area contributed by atoms with Crippen molar-refractivity contribution >= 4 is 5.97 Å². The lowest BCUT2D eigenvalue weighted by Crippen LogP contribution is -2.52. The first-order valence-corrected chi connectivity index (χ1v) is 7.25. The van der Waals surface area contributed by atoms with Crippen LogP contribution in [0.3, 0.4) is 0 Å². The molecule has 0 amide bonds. The number of hydrogen-bond acceptors (Lipinski definition) is 3. The highest BCUT2D eigenvalue weighted by Gasteiger charge is 2.38. The topological polar surface area (TPSA) is 52.6 Å². The van der Waals surface area contributed by atoms with E-state index in [-0.39, 0.29) is 0 Å². The minimum atomic E-state index is -0.763. The van der Waals surface area contributed by atoms with Crippen LogP contribution in [0.4, 0.5) is 0 Å². The molecule has 1 rings (SSSR count). The van der Waals surface area contributed by atoms with Crippen LogP contribution in [0.25, 0.3) is 0 Å². The number of carboxylic acid groups (broad SMARTS) is 1. The van der Waals surface area contributed by atoms with Crippen molar-refractivity contribution in [3.05, 3.63) is 0 Å². The fourth-order valence-electron chi connectivity index (χ4n) is 2.27. The molecule has 1 unspecified atom stereocenters. The van der Waals surface area contributed by atoms with Gasteiger partial charge in [-0.15, -0.1) is 0 Å². The van der Waals surface area contributed by atoms with Crippen LogP contribution in [0.5, 0.6) is 0 Å². The molecule has 0 aliphatic heterocycles. The van der Waals surface area contributed by atoms with Crippen molar-refractivity contribution < 1.29 is 9.90 Å². The third-order valence-corrected chi connectivity index (χ3v) is 3.58. The normalized spacial score (nSPS) is 18.9. The highest BCUT2D eigenvalue weighted by Crippen LogP contribution is 2.24. The smallest absolute Gasteiger partial charge is 0.323 e. The van der Waals surface area contributed by atoms with Crippen molar-refractivity contribution in [2.75, 3.05) is 19.6 Å². The van der Waals surface area contributed by atoms with E-state index in [1.54, 1.807) is 0 Å². The molecule has 4 heteroatoms. The summed E-state index contributed by atoms with van der Waals surface area (Å²) in [5.41, 5.74) is -0.763. The van der Waals surface area contributed by atoms with Gasteiger partial charge >= 0.3 is 5.97 Å². The van der Waals surface area contributed by atoms with Gasteiger partial charge in [-0.25, -0.2) is 0 Å². The monoisotopic (exact) mass is 256 g/mol. The predicted molar refractivity (Wildman–Crippen MR) is 73.8 cm³/mol. The molecule has 0 bridgehead atoms. The van der Waals surface area contributed by atoms with Gasteiger partial charge in [0.05, 0.1) is 0 Å². The van der Waals surface area contributed by atoms with Crippen molar-refractivity contribution in [3.8, 4) is 0 Å². The summed E-state index contributed by atoms with van der Waals surface area (Å²) in [7, 11) is 0. The fourth-order valence-corrected chi connectivity index (χ4v) is 2.27. The van der Waals surface area contributed by atoms with Gasteiger partial charge in [-0.2, -0.15) is 0 Å². The van der Waals surface area contributed by atoms with Crippen molar-refractivity contribution in [2.24, 2.45) is 0 Å². The molecule has 0 aromatic carbocycles. The maximum absolute atomic E-state index is 11.4. The fraction of sp³-hybridized carbons (Fsp3) is 0.929. The van der Waals surface area contributed by atoms with Crippen molar-refractivity contribution in [1.82, 2.24) is 10.2 Å². The first-order chi connectivity index (χ1) is 8.51. The number of aliphatic carboxylic acids is 1. The van der Waals surface area contributed by atoms with E-state index in [0.717, 1.165) is 45.3 Å². The van der Waals surface area contributed by atoms with E-state index in [4.69, 9.17) is 0 Å². The molecule has 2 N–H and O–H groups in total. The Morgan fingerprint density at radius 3 is 2.22 bits per heavy atom. The number of hydrogen-bond donors (Lipinski definition) is 2. The van der Waals surface area contributed by atoms with Gasteiger partial charge in [-0.05, 0) is 52.1 Å².